The fourth-order valence-corrected chi connectivity index (χ4v) is 4.22. The van der Waals surface area contributed by atoms with Crippen LogP contribution in [0.1, 0.15) is 38.8 Å². The van der Waals surface area contributed by atoms with Gasteiger partial charge >= 0.3 is 13.2 Å². The topological polar surface area (TPSA) is 95.7 Å². The van der Waals surface area contributed by atoms with Crippen LogP contribution in [0, 0.1) is 0 Å². The maximum Gasteiger partial charge on any atom is 0.492 e. The number of rotatable bonds is 6. The quantitative estimate of drug-likeness (QED) is 0.507. The van der Waals surface area contributed by atoms with E-state index in [4.69, 9.17) is 19.8 Å². The third kappa shape index (κ3) is 5.21. The van der Waals surface area contributed by atoms with Crippen molar-refractivity contribution in [2.75, 3.05) is 12.3 Å². The Bertz CT molecular complexity index is 1160. The van der Waals surface area contributed by atoms with Gasteiger partial charge in [-0.3, -0.25) is 0 Å². The molecule has 33 heavy (non-hydrogen) atoms. The Morgan fingerprint density at radius 2 is 1.82 bits per heavy atom. The molecular formula is C24H28BN3O4S. The van der Waals surface area contributed by atoms with Crippen LogP contribution >= 0.6 is 11.3 Å². The number of carbonyl (C=O) groups excluding carboxylic acids is 1. The van der Waals surface area contributed by atoms with Gasteiger partial charge in [-0.1, -0.05) is 59.9 Å². The molecule has 0 saturated carbocycles. The molecule has 1 saturated heterocycles. The number of nitrogens with two attached hydrogens (primary N) is 1. The highest BCUT2D eigenvalue weighted by molar-refractivity contribution is 7.22. The number of aromatic nitrogens is 1. The van der Waals surface area contributed by atoms with Crippen molar-refractivity contribution in [2.45, 2.75) is 45.5 Å². The maximum absolute atomic E-state index is 12.4. The molecule has 0 radical (unpaired) electrons. The number of amides is 1. The van der Waals surface area contributed by atoms with Crippen LogP contribution in [0.25, 0.3) is 16.3 Å². The van der Waals surface area contributed by atoms with Gasteiger partial charge in [-0.15, -0.1) is 0 Å². The molecule has 3 aromatic rings. The lowest BCUT2D eigenvalue weighted by Crippen LogP contribution is -2.41. The van der Waals surface area contributed by atoms with Crippen molar-refractivity contribution >= 4 is 46.0 Å². The molecule has 4 rings (SSSR count). The number of alkyl carbamates (subject to hydrolysis) is 1. The van der Waals surface area contributed by atoms with Crippen molar-refractivity contribution in [1.82, 2.24) is 10.3 Å². The van der Waals surface area contributed by atoms with Crippen LogP contribution in [-0.4, -0.2) is 35.9 Å². The Labute approximate surface area is 198 Å². The number of anilines is 1. The highest BCUT2D eigenvalue weighted by atomic mass is 32.1. The molecule has 1 fully saturated rings. The summed E-state index contributed by atoms with van der Waals surface area (Å²) >= 11 is 1.43. The summed E-state index contributed by atoms with van der Waals surface area (Å²) in [6.45, 7) is 8.37. The summed E-state index contributed by atoms with van der Waals surface area (Å²) in [5, 5.41) is 3.33. The van der Waals surface area contributed by atoms with Crippen molar-refractivity contribution in [3.63, 3.8) is 0 Å². The fraction of sp³-hybridized carbons (Fsp3) is 0.333. The molecule has 0 spiro atoms. The lowest BCUT2D eigenvalue weighted by molar-refractivity contribution is 0.00578. The zero-order valence-electron chi connectivity index (χ0n) is 19.3. The summed E-state index contributed by atoms with van der Waals surface area (Å²) < 4.78 is 18.9. The first kappa shape index (κ1) is 23.3. The average molecular weight is 465 g/mol. The molecule has 1 aliphatic rings. The van der Waals surface area contributed by atoms with Crippen molar-refractivity contribution in [1.29, 1.82) is 0 Å². The second-order valence-electron chi connectivity index (χ2n) is 8.97. The number of para-hydroxylation sites is 1. The predicted molar refractivity (Wildman–Crippen MR) is 133 cm³/mol. The zero-order chi connectivity index (χ0) is 23.6. The van der Waals surface area contributed by atoms with Gasteiger partial charge in [0.2, 0.25) is 0 Å². The van der Waals surface area contributed by atoms with Gasteiger partial charge in [0.1, 0.15) is 6.61 Å². The number of benzene rings is 2. The zero-order valence-corrected chi connectivity index (χ0v) is 20.1. The van der Waals surface area contributed by atoms with E-state index in [1.54, 1.807) is 0 Å². The molecule has 9 heteroatoms. The largest absolute Gasteiger partial charge is 0.492 e. The number of fused-ring (bicyclic) bond motifs is 1. The molecule has 3 N–H and O–H groups in total. The minimum Gasteiger partial charge on any atom is -0.445 e. The summed E-state index contributed by atoms with van der Waals surface area (Å²) in [6.07, 6.45) is 1.43. The lowest BCUT2D eigenvalue weighted by Gasteiger charge is -2.32. The fourth-order valence-electron chi connectivity index (χ4n) is 3.45. The Hall–Kier alpha value is -2.88. The number of hydrogen-bond acceptors (Lipinski definition) is 7. The van der Waals surface area contributed by atoms with Gasteiger partial charge in [-0.25, -0.2) is 9.78 Å². The summed E-state index contributed by atoms with van der Waals surface area (Å²) in [6, 6.07) is 15.4. The minimum atomic E-state index is -0.629. The number of carbonyl (C=O) groups is 1. The molecule has 1 aromatic heterocycles. The Kier molecular flexibility index (Phi) is 6.47. The number of hydrogen-bond donors (Lipinski definition) is 2. The third-order valence-electron chi connectivity index (χ3n) is 6.01. The normalized spacial score (nSPS) is 17.3. The molecule has 2 heterocycles. The molecule has 0 atom stereocenters. The summed E-state index contributed by atoms with van der Waals surface area (Å²) in [5.74, 6) is 0. The van der Waals surface area contributed by atoms with Gasteiger partial charge in [0.05, 0.1) is 21.4 Å². The van der Waals surface area contributed by atoms with Crippen LogP contribution < -0.4 is 11.1 Å². The number of ether oxygens (including phenoxy) is 1. The molecule has 2 aromatic carbocycles. The van der Waals surface area contributed by atoms with Crippen LogP contribution in [0.4, 0.5) is 9.93 Å². The van der Waals surface area contributed by atoms with E-state index in [9.17, 15) is 4.79 Å². The molecule has 0 bridgehead atoms. The Morgan fingerprint density at radius 1 is 1.12 bits per heavy atom. The summed E-state index contributed by atoms with van der Waals surface area (Å²) in [7, 11) is -0.629. The highest BCUT2D eigenvalue weighted by Crippen LogP contribution is 2.39. The van der Waals surface area contributed by atoms with Gasteiger partial charge < -0.3 is 25.1 Å². The number of thiazole rings is 1. The smallest absolute Gasteiger partial charge is 0.445 e. The summed E-state index contributed by atoms with van der Waals surface area (Å²) in [5.41, 5.74) is 8.26. The van der Waals surface area contributed by atoms with Crippen LogP contribution in [0.15, 0.2) is 54.0 Å². The monoisotopic (exact) mass is 465 g/mol. The second-order valence-corrected chi connectivity index (χ2v) is 10.0. The Balaban J connectivity index is 1.55. The standard InChI is InChI=1S/C24H28BN3O4S/c1-23(2)24(3,4)32-25(31-23)18(13-17-11-8-12-19-20(17)28-21(26)33-19)14-27-22(29)30-15-16-9-6-5-7-10-16/h5-13H,14-15H2,1-4H3,(H2,26,28)(H,27,29). The Morgan fingerprint density at radius 3 is 2.52 bits per heavy atom. The molecule has 1 amide bonds. The van der Waals surface area contributed by atoms with Crippen molar-refractivity contribution in [3.05, 3.63) is 65.1 Å². The van der Waals surface area contributed by atoms with E-state index >= 15 is 0 Å². The van der Waals surface area contributed by atoms with E-state index in [1.807, 2.05) is 82.3 Å². The maximum atomic E-state index is 12.4. The van der Waals surface area contributed by atoms with Crippen LogP contribution in [0.5, 0.6) is 0 Å². The SMILES string of the molecule is CC1(C)OB(C(=Cc2cccc3sc(N)nc23)CNC(=O)OCc2ccccc2)OC1(C)C. The number of nitrogens with one attached hydrogen (secondary N) is 1. The molecule has 7 nitrogen and oxygen atoms in total. The molecular weight excluding hydrogens is 437 g/mol. The van der Waals surface area contributed by atoms with Crippen LogP contribution in [0.2, 0.25) is 0 Å². The lowest BCUT2D eigenvalue weighted by atomic mass is 9.77. The first-order chi connectivity index (χ1) is 15.6. The highest BCUT2D eigenvalue weighted by Gasteiger charge is 2.52. The van der Waals surface area contributed by atoms with Gasteiger partial charge in [0.15, 0.2) is 5.13 Å². The molecule has 1 aliphatic heterocycles. The van der Waals surface area contributed by atoms with E-state index in [-0.39, 0.29) is 13.2 Å². The van der Waals surface area contributed by atoms with E-state index < -0.39 is 24.4 Å². The molecule has 0 unspecified atom stereocenters. The van der Waals surface area contributed by atoms with E-state index in [0.29, 0.717) is 5.13 Å². The predicted octanol–water partition coefficient (Wildman–Crippen LogP) is 4.82. The van der Waals surface area contributed by atoms with Crippen molar-refractivity contribution in [3.8, 4) is 0 Å². The van der Waals surface area contributed by atoms with Crippen LogP contribution in [0.3, 0.4) is 0 Å². The van der Waals surface area contributed by atoms with Gasteiger partial charge in [0.25, 0.3) is 0 Å². The minimum absolute atomic E-state index is 0.194. The number of nitrogen functional groups attached to an aromatic ring is 1. The molecule has 172 valence electrons. The van der Waals surface area contributed by atoms with E-state index in [0.717, 1.165) is 26.8 Å². The van der Waals surface area contributed by atoms with Crippen molar-refractivity contribution in [2.24, 2.45) is 0 Å². The van der Waals surface area contributed by atoms with Gasteiger partial charge in [-0.2, -0.15) is 0 Å². The first-order valence-electron chi connectivity index (χ1n) is 10.8. The van der Waals surface area contributed by atoms with Gasteiger partial charge in [0, 0.05) is 12.1 Å². The third-order valence-corrected chi connectivity index (χ3v) is 6.86. The summed E-state index contributed by atoms with van der Waals surface area (Å²) in [4.78, 5) is 16.9. The van der Waals surface area contributed by atoms with E-state index in [1.165, 1.54) is 11.3 Å². The first-order valence-corrected chi connectivity index (χ1v) is 11.6. The average Bonchev–Trinajstić information content (AvgIpc) is 3.25. The second kappa shape index (κ2) is 9.17. The van der Waals surface area contributed by atoms with Gasteiger partial charge in [-0.05, 0) is 44.8 Å². The van der Waals surface area contributed by atoms with Crippen molar-refractivity contribution < 1.29 is 18.8 Å². The number of nitrogens with zero attached hydrogens (tertiary/aromatic N) is 1. The molecule has 0 aliphatic carbocycles. The van der Waals surface area contributed by atoms with E-state index in [2.05, 4.69) is 10.3 Å². The van der Waals surface area contributed by atoms with Crippen LogP contribution in [-0.2, 0) is 20.7 Å².